The third-order valence-electron chi connectivity index (χ3n) is 8.76. The van der Waals surface area contributed by atoms with Crippen molar-refractivity contribution in [3.05, 3.63) is 181 Å². The Morgan fingerprint density at radius 1 is 0.392 bits per heavy atom. The zero-order valence-corrected chi connectivity index (χ0v) is 26.7. The highest BCUT2D eigenvalue weighted by molar-refractivity contribution is 7.26. The molecule has 238 valence electrons. The number of hydrogen-bond donors (Lipinski definition) is 0. The van der Waals surface area contributed by atoms with Gasteiger partial charge >= 0.3 is 0 Å². The van der Waals surface area contributed by atoms with Crippen molar-refractivity contribution in [3.8, 4) is 33.6 Å². The molecule has 0 aliphatic rings. The van der Waals surface area contributed by atoms with Crippen LogP contribution in [0, 0.1) is 0 Å². The van der Waals surface area contributed by atoms with Crippen LogP contribution in [0.3, 0.4) is 0 Å². The molecular weight excluding hydrogens is 637 g/mol. The molecule has 0 unspecified atom stereocenters. The SMILES string of the molecule is [2H]c1cc(-c2c([2H])c([2H])c([2H])c3sc4c([2H])c(-n5c6cc([2H])c(-c7c([2H])c([2H])c8c9c([2H])c([2H])c([2H])c([2H])c9n(-c9ccccc9)c8c7[2H])c([2H])c6c6c([2H])c([2H])c([2H])c([2H])c65)c([2H])c([2H])c4c23)c([2H])c([2H])c1[2H]. The normalized spacial score (nSPS) is 18.2. The third kappa shape index (κ3) is 4.29. The van der Waals surface area contributed by atoms with Gasteiger partial charge in [-0.15, -0.1) is 11.3 Å². The van der Waals surface area contributed by atoms with E-state index in [9.17, 15) is 13.7 Å². The lowest BCUT2D eigenvalue weighted by molar-refractivity contribution is 1.18. The third-order valence-corrected chi connectivity index (χ3v) is 9.79. The molecule has 0 saturated heterocycles. The van der Waals surface area contributed by atoms with E-state index < -0.39 is 161 Å². The molecule has 0 aliphatic heterocycles. The van der Waals surface area contributed by atoms with E-state index in [0.29, 0.717) is 5.69 Å². The van der Waals surface area contributed by atoms with E-state index in [4.69, 9.17) is 17.8 Å². The summed E-state index contributed by atoms with van der Waals surface area (Å²) in [6.07, 6.45) is 0. The van der Waals surface area contributed by atoms with Gasteiger partial charge in [-0.3, -0.25) is 0 Å². The van der Waals surface area contributed by atoms with Crippen molar-refractivity contribution in [2.75, 3.05) is 0 Å². The molecule has 11 aromatic rings. The number of hydrogen-bond acceptors (Lipinski definition) is 1. The zero-order valence-electron chi connectivity index (χ0n) is 48.8. The lowest BCUT2D eigenvalue weighted by Gasteiger charge is -2.10. The van der Waals surface area contributed by atoms with Gasteiger partial charge in [0.2, 0.25) is 0 Å². The van der Waals surface area contributed by atoms with E-state index in [1.807, 2.05) is 0 Å². The summed E-state index contributed by atoms with van der Waals surface area (Å²) in [6, 6.07) is -4.05. The fraction of sp³-hybridized carbons (Fsp3) is 0. The number of benzene rings is 8. The van der Waals surface area contributed by atoms with Gasteiger partial charge in [0.05, 0.1) is 53.6 Å². The molecule has 51 heavy (non-hydrogen) atoms. The van der Waals surface area contributed by atoms with E-state index in [-0.39, 0.29) is 69.4 Å². The number of rotatable bonds is 4. The van der Waals surface area contributed by atoms with Gasteiger partial charge in [0.15, 0.2) is 0 Å². The van der Waals surface area contributed by atoms with Gasteiger partial charge in [0.1, 0.15) is 0 Å². The molecule has 0 N–H and O–H groups in total. The lowest BCUT2D eigenvalue weighted by atomic mass is 9.99. The molecule has 3 heteroatoms. The van der Waals surface area contributed by atoms with Gasteiger partial charge in [-0.2, -0.15) is 0 Å². The minimum absolute atomic E-state index is 0.0646. The van der Waals surface area contributed by atoms with Crippen LogP contribution in [0.5, 0.6) is 0 Å². The Hall–Kier alpha value is -6.42. The highest BCUT2D eigenvalue weighted by atomic mass is 32.1. The predicted octanol–water partition coefficient (Wildman–Crippen LogP) is 13.6. The molecule has 11 rings (SSSR count). The number of aromatic nitrogens is 2. The molecule has 0 amide bonds. The predicted molar refractivity (Wildman–Crippen MR) is 219 cm³/mol. The van der Waals surface area contributed by atoms with Crippen molar-refractivity contribution in [3.63, 3.8) is 0 Å². The van der Waals surface area contributed by atoms with Crippen LogP contribution in [0.15, 0.2) is 181 Å². The highest BCUT2D eigenvalue weighted by Crippen LogP contribution is 2.42. The summed E-state index contributed by atoms with van der Waals surface area (Å²) < 4.78 is 210. The standard InChI is InChI=1S/C48H30N2S/c1-3-12-31(13-4-1)36-18-11-21-46-48(36)40-26-24-35(30-47(40)51-46)50-43-20-10-8-17-38(43)41-28-32(23-27-44(41)50)33-22-25-39-37-16-7-9-19-42(37)49(45(39)29-33)34-14-5-2-6-15-34/h1-30H/i1D,3D,4D,7D,8D,9D,10D,11D,12D,16D,17D,18D,19D,20D,21D,22D,23D,24D,25D,26D,28D,29D,30D. The first-order chi connectivity index (χ1) is 34.9. The van der Waals surface area contributed by atoms with Crippen molar-refractivity contribution in [2.24, 2.45) is 0 Å². The number of para-hydroxylation sites is 3. The maximum Gasteiger partial charge on any atom is 0.0660 e. The molecular formula is C48H30N2S. The monoisotopic (exact) mass is 689 g/mol. The second-order valence-corrected chi connectivity index (χ2v) is 12.6. The van der Waals surface area contributed by atoms with Crippen LogP contribution in [0.4, 0.5) is 0 Å². The van der Waals surface area contributed by atoms with Crippen molar-refractivity contribution in [2.45, 2.75) is 0 Å². The van der Waals surface area contributed by atoms with Gasteiger partial charge in [0.25, 0.3) is 0 Å². The zero-order chi connectivity index (χ0) is 53.5. The molecule has 3 heterocycles. The highest BCUT2D eigenvalue weighted by Gasteiger charge is 2.17. The van der Waals surface area contributed by atoms with Crippen molar-refractivity contribution < 1.29 is 31.5 Å². The Morgan fingerprint density at radius 2 is 1.12 bits per heavy atom. The maximum absolute atomic E-state index is 9.90. The number of fused-ring (bicyclic) bond motifs is 9. The smallest absolute Gasteiger partial charge is 0.0660 e. The molecule has 0 aliphatic carbocycles. The Bertz CT molecular complexity index is 4460. The average Bonchev–Trinajstić information content (AvgIpc) is 4.10. The molecule has 2 nitrogen and oxygen atoms in total. The largest absolute Gasteiger partial charge is 0.309 e. The Morgan fingerprint density at radius 3 is 1.98 bits per heavy atom. The first-order valence-electron chi connectivity index (χ1n) is 27.1. The summed E-state index contributed by atoms with van der Waals surface area (Å²) in [5, 5.41) is -1.27. The minimum atomic E-state index is -0.771. The molecule has 0 saturated carbocycles. The minimum Gasteiger partial charge on any atom is -0.309 e. The molecule has 0 fully saturated rings. The Labute approximate surface area is 331 Å². The van der Waals surface area contributed by atoms with Crippen LogP contribution in [0.2, 0.25) is 0 Å². The summed E-state index contributed by atoms with van der Waals surface area (Å²) in [7, 11) is 0. The summed E-state index contributed by atoms with van der Waals surface area (Å²) >= 11 is 0.720. The average molecular weight is 690 g/mol. The van der Waals surface area contributed by atoms with Crippen LogP contribution in [0.25, 0.3) is 97.4 Å². The molecule has 0 bridgehead atoms. The fourth-order valence-corrected chi connectivity index (χ4v) is 7.60. The second kappa shape index (κ2) is 11.0. The fourth-order valence-electron chi connectivity index (χ4n) is 6.58. The number of thiophene rings is 1. The molecule has 0 atom stereocenters. The van der Waals surface area contributed by atoms with Crippen LogP contribution < -0.4 is 0 Å². The van der Waals surface area contributed by atoms with Crippen LogP contribution >= 0.6 is 11.3 Å². The van der Waals surface area contributed by atoms with Crippen molar-refractivity contribution in [1.82, 2.24) is 9.13 Å². The second-order valence-electron chi connectivity index (χ2n) is 11.5. The first-order valence-corrected chi connectivity index (χ1v) is 16.4. The van der Waals surface area contributed by atoms with E-state index in [1.54, 1.807) is 30.3 Å². The lowest BCUT2D eigenvalue weighted by Crippen LogP contribution is -1.94. The van der Waals surface area contributed by atoms with Crippen molar-refractivity contribution in [1.29, 1.82) is 0 Å². The Kier molecular flexibility index (Phi) is 3.05. The van der Waals surface area contributed by atoms with E-state index >= 15 is 0 Å². The van der Waals surface area contributed by atoms with E-state index in [2.05, 4.69) is 0 Å². The summed E-state index contributed by atoms with van der Waals surface area (Å²) in [6.45, 7) is 0. The summed E-state index contributed by atoms with van der Waals surface area (Å²) in [5.41, 5.74) is -2.49. The topological polar surface area (TPSA) is 9.86 Å². The first kappa shape index (κ1) is 14.1. The van der Waals surface area contributed by atoms with E-state index in [1.165, 1.54) is 4.57 Å². The summed E-state index contributed by atoms with van der Waals surface area (Å²) in [4.78, 5) is 0. The summed E-state index contributed by atoms with van der Waals surface area (Å²) in [5.74, 6) is 0. The molecule has 0 spiro atoms. The van der Waals surface area contributed by atoms with Gasteiger partial charge in [-0.05, 0) is 82.7 Å². The Balaban J connectivity index is 1.29. The van der Waals surface area contributed by atoms with Gasteiger partial charge < -0.3 is 9.13 Å². The quantitative estimate of drug-likeness (QED) is 0.174. The van der Waals surface area contributed by atoms with Crippen molar-refractivity contribution >= 4 is 75.1 Å². The van der Waals surface area contributed by atoms with Gasteiger partial charge in [-0.1, -0.05) is 121 Å². The molecule has 0 radical (unpaired) electrons. The van der Waals surface area contributed by atoms with Crippen LogP contribution in [-0.4, -0.2) is 9.13 Å². The molecule has 3 aromatic heterocycles. The van der Waals surface area contributed by atoms with Crippen LogP contribution in [-0.2, 0) is 0 Å². The maximum atomic E-state index is 9.90. The number of nitrogens with zero attached hydrogens (tertiary/aromatic N) is 2. The van der Waals surface area contributed by atoms with E-state index in [0.717, 1.165) is 28.0 Å². The van der Waals surface area contributed by atoms with Gasteiger partial charge in [-0.25, -0.2) is 0 Å². The molecule has 8 aromatic carbocycles. The van der Waals surface area contributed by atoms with Gasteiger partial charge in [0, 0.05) is 53.1 Å². The van der Waals surface area contributed by atoms with Crippen LogP contribution in [0.1, 0.15) is 31.5 Å².